The fraction of sp³-hybridized carbons (Fsp3) is 0.318. The summed E-state index contributed by atoms with van der Waals surface area (Å²) in [5.74, 6) is 0.936. The van der Waals surface area contributed by atoms with Crippen LogP contribution in [0.15, 0.2) is 48.8 Å². The van der Waals surface area contributed by atoms with E-state index in [4.69, 9.17) is 12.2 Å². The highest BCUT2D eigenvalue weighted by Crippen LogP contribution is 2.41. The van der Waals surface area contributed by atoms with Gasteiger partial charge in [-0.1, -0.05) is 12.1 Å². The molecule has 0 spiro atoms. The average molecular weight is 408 g/mol. The van der Waals surface area contributed by atoms with Crippen molar-refractivity contribution in [1.82, 2.24) is 24.8 Å². The van der Waals surface area contributed by atoms with Crippen molar-refractivity contribution >= 4 is 17.3 Å². The zero-order valence-corrected chi connectivity index (χ0v) is 17.6. The van der Waals surface area contributed by atoms with E-state index in [0.717, 1.165) is 34.0 Å². The molecule has 1 aliphatic heterocycles. The Morgan fingerprint density at radius 1 is 1.10 bits per heavy atom. The van der Waals surface area contributed by atoms with E-state index >= 15 is 0 Å². The number of rotatable bonds is 5. The summed E-state index contributed by atoms with van der Waals surface area (Å²) in [7, 11) is 0. The number of pyridine rings is 2. The van der Waals surface area contributed by atoms with Crippen molar-refractivity contribution in [2.45, 2.75) is 32.9 Å². The molecule has 0 radical (unpaired) electrons. The lowest BCUT2D eigenvalue weighted by Gasteiger charge is -2.27. The number of hydrogen-bond acceptors (Lipinski definition) is 4. The highest BCUT2D eigenvalue weighted by Gasteiger charge is 2.41. The standard InChI is InChI=1S/C22H25N5OS/c1-14-7-6-10-24-21(14)27-15(2)13-17(16(27)3)20-19(18-8-4-5-9-23-18)25-22(29)26(20)11-12-28/h4-10,13,19-20,28H,11-12H2,1-3H3,(H,25,29)/t19-,20-/m1/s1. The molecule has 1 aliphatic rings. The molecule has 0 aliphatic carbocycles. The van der Waals surface area contributed by atoms with Gasteiger partial charge in [0.05, 0.1) is 24.4 Å². The third kappa shape index (κ3) is 3.41. The van der Waals surface area contributed by atoms with Crippen molar-refractivity contribution in [3.8, 4) is 5.82 Å². The lowest BCUT2D eigenvalue weighted by atomic mass is 9.97. The topological polar surface area (TPSA) is 66.2 Å². The first-order valence-electron chi connectivity index (χ1n) is 9.72. The number of nitrogens with one attached hydrogen (secondary N) is 1. The van der Waals surface area contributed by atoms with E-state index in [2.05, 4.69) is 57.7 Å². The Bertz CT molecular complexity index is 1030. The Labute approximate surface area is 176 Å². The van der Waals surface area contributed by atoms with Gasteiger partial charge in [0.2, 0.25) is 0 Å². The Morgan fingerprint density at radius 3 is 2.59 bits per heavy atom. The second kappa shape index (κ2) is 7.93. The maximum Gasteiger partial charge on any atom is 0.170 e. The van der Waals surface area contributed by atoms with Crippen LogP contribution < -0.4 is 5.32 Å². The van der Waals surface area contributed by atoms with Crippen LogP contribution in [0.4, 0.5) is 0 Å². The molecule has 1 saturated heterocycles. The second-order valence-electron chi connectivity index (χ2n) is 7.35. The van der Waals surface area contributed by atoms with Crippen LogP contribution in [0.2, 0.25) is 0 Å². The SMILES string of the molecule is Cc1cccnc1-n1c(C)cc([C@@H]2[C@@H](c3ccccn3)NC(=S)N2CCO)c1C. The lowest BCUT2D eigenvalue weighted by Crippen LogP contribution is -2.32. The summed E-state index contributed by atoms with van der Waals surface area (Å²) in [5, 5.41) is 13.7. The molecule has 2 N–H and O–H groups in total. The summed E-state index contributed by atoms with van der Waals surface area (Å²) in [6, 6.07) is 12.0. The zero-order valence-electron chi connectivity index (χ0n) is 16.8. The number of β-amino-alcohol motifs (C(OH)–C–C–N with tert-alkyl or cyclic N) is 1. The highest BCUT2D eigenvalue weighted by molar-refractivity contribution is 7.80. The van der Waals surface area contributed by atoms with Gasteiger partial charge in [0.15, 0.2) is 5.11 Å². The van der Waals surface area contributed by atoms with Gasteiger partial charge < -0.3 is 19.9 Å². The largest absolute Gasteiger partial charge is 0.395 e. The van der Waals surface area contributed by atoms with Crippen LogP contribution in [0.3, 0.4) is 0 Å². The molecule has 7 heteroatoms. The van der Waals surface area contributed by atoms with Crippen LogP contribution in [0.25, 0.3) is 5.82 Å². The fourth-order valence-electron chi connectivity index (χ4n) is 4.22. The van der Waals surface area contributed by atoms with Crippen molar-refractivity contribution in [3.05, 3.63) is 77.0 Å². The number of hydrogen-bond donors (Lipinski definition) is 2. The van der Waals surface area contributed by atoms with Gasteiger partial charge in [-0.2, -0.15) is 0 Å². The molecule has 6 nitrogen and oxygen atoms in total. The van der Waals surface area contributed by atoms with E-state index in [1.807, 2.05) is 30.5 Å². The minimum absolute atomic E-state index is 0.0331. The lowest BCUT2D eigenvalue weighted by molar-refractivity contribution is 0.223. The van der Waals surface area contributed by atoms with Crippen LogP contribution in [-0.4, -0.2) is 42.8 Å². The first-order valence-corrected chi connectivity index (χ1v) is 10.1. The van der Waals surface area contributed by atoms with Crippen molar-refractivity contribution in [2.75, 3.05) is 13.2 Å². The summed E-state index contributed by atoms with van der Waals surface area (Å²) in [6.45, 7) is 6.78. The summed E-state index contributed by atoms with van der Waals surface area (Å²) < 4.78 is 2.19. The van der Waals surface area contributed by atoms with Crippen LogP contribution >= 0.6 is 12.2 Å². The van der Waals surface area contributed by atoms with Gasteiger partial charge in [0.25, 0.3) is 0 Å². The van der Waals surface area contributed by atoms with Gasteiger partial charge >= 0.3 is 0 Å². The fourth-order valence-corrected chi connectivity index (χ4v) is 4.55. The summed E-state index contributed by atoms with van der Waals surface area (Å²) in [5.41, 5.74) is 5.43. The molecule has 0 saturated carbocycles. The van der Waals surface area contributed by atoms with Crippen molar-refractivity contribution in [1.29, 1.82) is 0 Å². The molecule has 3 aromatic heterocycles. The molecule has 0 unspecified atom stereocenters. The predicted octanol–water partition coefficient (Wildman–Crippen LogP) is 3.16. The van der Waals surface area contributed by atoms with Crippen LogP contribution in [-0.2, 0) is 0 Å². The Balaban J connectivity index is 1.85. The quantitative estimate of drug-likeness (QED) is 0.634. The van der Waals surface area contributed by atoms with Crippen LogP contribution in [0.1, 0.15) is 40.3 Å². The molecular formula is C22H25N5OS. The molecular weight excluding hydrogens is 382 g/mol. The van der Waals surface area contributed by atoms with E-state index in [1.54, 1.807) is 6.20 Å². The molecule has 0 bridgehead atoms. The van der Waals surface area contributed by atoms with Gasteiger partial charge in [-0.05, 0) is 68.4 Å². The van der Waals surface area contributed by atoms with Gasteiger partial charge in [0.1, 0.15) is 5.82 Å². The number of thiocarbonyl (C=S) groups is 1. The van der Waals surface area contributed by atoms with E-state index in [-0.39, 0.29) is 18.7 Å². The normalized spacial score (nSPS) is 18.9. The number of aryl methyl sites for hydroxylation is 2. The summed E-state index contributed by atoms with van der Waals surface area (Å²) in [6.07, 6.45) is 3.62. The smallest absolute Gasteiger partial charge is 0.170 e. The van der Waals surface area contributed by atoms with Crippen molar-refractivity contribution < 1.29 is 5.11 Å². The number of nitrogens with zero attached hydrogens (tertiary/aromatic N) is 4. The third-order valence-corrected chi connectivity index (χ3v) is 5.87. The Hall–Kier alpha value is -2.77. The monoisotopic (exact) mass is 407 g/mol. The number of aliphatic hydroxyl groups excluding tert-OH is 1. The zero-order chi connectivity index (χ0) is 20.5. The third-order valence-electron chi connectivity index (χ3n) is 5.52. The van der Waals surface area contributed by atoms with Crippen molar-refractivity contribution in [2.24, 2.45) is 0 Å². The Morgan fingerprint density at radius 2 is 1.90 bits per heavy atom. The summed E-state index contributed by atoms with van der Waals surface area (Å²) >= 11 is 5.61. The predicted molar refractivity (Wildman–Crippen MR) is 117 cm³/mol. The maximum atomic E-state index is 9.65. The van der Waals surface area contributed by atoms with Crippen LogP contribution in [0, 0.1) is 20.8 Å². The van der Waals surface area contributed by atoms with E-state index in [9.17, 15) is 5.11 Å². The maximum absolute atomic E-state index is 9.65. The molecule has 0 amide bonds. The molecule has 4 heterocycles. The van der Waals surface area contributed by atoms with E-state index in [1.165, 1.54) is 0 Å². The van der Waals surface area contributed by atoms with E-state index in [0.29, 0.717) is 11.7 Å². The minimum Gasteiger partial charge on any atom is -0.395 e. The summed E-state index contributed by atoms with van der Waals surface area (Å²) in [4.78, 5) is 11.2. The van der Waals surface area contributed by atoms with Gasteiger partial charge in [-0.15, -0.1) is 0 Å². The number of aromatic nitrogens is 3. The molecule has 1 fully saturated rings. The highest BCUT2D eigenvalue weighted by atomic mass is 32.1. The molecule has 3 aromatic rings. The molecule has 29 heavy (non-hydrogen) atoms. The van der Waals surface area contributed by atoms with Crippen LogP contribution in [0.5, 0.6) is 0 Å². The molecule has 0 aromatic carbocycles. The van der Waals surface area contributed by atoms with Gasteiger partial charge in [-0.3, -0.25) is 4.98 Å². The average Bonchev–Trinajstić information content (AvgIpc) is 3.19. The number of aliphatic hydroxyl groups is 1. The first kappa shape index (κ1) is 19.5. The first-order chi connectivity index (χ1) is 14.0. The molecule has 2 atom stereocenters. The minimum atomic E-state index is -0.0889. The Kier molecular flexibility index (Phi) is 5.34. The van der Waals surface area contributed by atoms with Gasteiger partial charge in [0, 0.05) is 30.3 Å². The van der Waals surface area contributed by atoms with Gasteiger partial charge in [-0.25, -0.2) is 4.98 Å². The van der Waals surface area contributed by atoms with E-state index < -0.39 is 0 Å². The molecule has 150 valence electrons. The van der Waals surface area contributed by atoms with Crippen molar-refractivity contribution in [3.63, 3.8) is 0 Å². The second-order valence-corrected chi connectivity index (χ2v) is 7.74. The molecule has 4 rings (SSSR count).